The molecule has 1 aromatic heterocycles. The van der Waals surface area contributed by atoms with Gasteiger partial charge in [0.25, 0.3) is 0 Å². The highest BCUT2D eigenvalue weighted by Crippen LogP contribution is 2.37. The summed E-state index contributed by atoms with van der Waals surface area (Å²) in [5, 5.41) is 4.01. The van der Waals surface area contributed by atoms with E-state index in [0.717, 1.165) is 22.9 Å². The van der Waals surface area contributed by atoms with E-state index >= 15 is 0 Å². The van der Waals surface area contributed by atoms with E-state index in [0.29, 0.717) is 36.2 Å². The first kappa shape index (κ1) is 25.6. The zero-order chi connectivity index (χ0) is 24.7. The van der Waals surface area contributed by atoms with Crippen molar-refractivity contribution in [2.75, 3.05) is 25.6 Å². The first-order valence-corrected chi connectivity index (χ1v) is 11.9. The lowest BCUT2D eigenvalue weighted by molar-refractivity contribution is 0.0310. The van der Waals surface area contributed by atoms with Crippen LogP contribution in [-0.2, 0) is 9.47 Å². The van der Waals surface area contributed by atoms with Gasteiger partial charge in [-0.05, 0) is 43.2 Å². The summed E-state index contributed by atoms with van der Waals surface area (Å²) in [5.74, 6) is 1.19. The lowest BCUT2D eigenvalue weighted by Crippen LogP contribution is -2.32. The molecule has 2 saturated heterocycles. The summed E-state index contributed by atoms with van der Waals surface area (Å²) in [6.07, 6.45) is 1.95. The van der Waals surface area contributed by atoms with Crippen LogP contribution in [0.25, 0.3) is 10.9 Å². The van der Waals surface area contributed by atoms with Crippen LogP contribution >= 0.6 is 0 Å². The van der Waals surface area contributed by atoms with Crippen molar-refractivity contribution in [3.05, 3.63) is 48.0 Å². The Morgan fingerprint density at radius 1 is 1.03 bits per heavy atom. The van der Waals surface area contributed by atoms with Crippen LogP contribution in [0.4, 0.5) is 15.9 Å². The number of halogens is 1. The molecule has 0 saturated carbocycles. The molecule has 0 radical (unpaired) electrons. The SMILES string of the molecule is CC.CC.COc1cc(C)cc2ncnc(Nc3ccc(F)cc3OC3COC4CCOC43)c12. The van der Waals surface area contributed by atoms with Gasteiger partial charge in [-0.15, -0.1) is 0 Å². The lowest BCUT2D eigenvalue weighted by Gasteiger charge is -2.21. The van der Waals surface area contributed by atoms with Crippen molar-refractivity contribution in [3.8, 4) is 11.5 Å². The van der Waals surface area contributed by atoms with Crippen LogP contribution in [0.5, 0.6) is 11.5 Å². The summed E-state index contributed by atoms with van der Waals surface area (Å²) in [6.45, 7) is 11.0. The minimum atomic E-state index is -0.390. The third-order valence-corrected chi connectivity index (χ3v) is 5.46. The predicted octanol–water partition coefficient (Wildman–Crippen LogP) is 5.82. The number of anilines is 2. The van der Waals surface area contributed by atoms with E-state index in [-0.39, 0.29) is 24.1 Å². The van der Waals surface area contributed by atoms with Gasteiger partial charge >= 0.3 is 0 Å². The summed E-state index contributed by atoms with van der Waals surface area (Å²) in [7, 11) is 1.61. The fourth-order valence-corrected chi connectivity index (χ4v) is 4.06. The minimum absolute atomic E-state index is 0.0401. The van der Waals surface area contributed by atoms with Crippen LogP contribution in [0, 0.1) is 12.7 Å². The van der Waals surface area contributed by atoms with Crippen molar-refractivity contribution in [1.29, 1.82) is 0 Å². The molecule has 3 atom stereocenters. The second-order valence-electron chi connectivity index (χ2n) is 7.50. The molecule has 2 aliphatic rings. The molecule has 3 heterocycles. The van der Waals surface area contributed by atoms with Gasteiger partial charge in [0.15, 0.2) is 6.10 Å². The van der Waals surface area contributed by atoms with E-state index in [4.69, 9.17) is 18.9 Å². The highest BCUT2D eigenvalue weighted by atomic mass is 19.1. The predicted molar refractivity (Wildman–Crippen MR) is 132 cm³/mol. The van der Waals surface area contributed by atoms with E-state index in [9.17, 15) is 4.39 Å². The van der Waals surface area contributed by atoms with Gasteiger partial charge in [0.2, 0.25) is 0 Å². The Labute approximate surface area is 200 Å². The maximum absolute atomic E-state index is 14.0. The Hall–Kier alpha value is -2.97. The van der Waals surface area contributed by atoms with Gasteiger partial charge in [0.05, 0.1) is 36.4 Å². The van der Waals surface area contributed by atoms with Crippen LogP contribution < -0.4 is 14.8 Å². The van der Waals surface area contributed by atoms with Gasteiger partial charge in [-0.25, -0.2) is 14.4 Å². The quantitative estimate of drug-likeness (QED) is 0.503. The van der Waals surface area contributed by atoms with Gasteiger partial charge in [-0.3, -0.25) is 0 Å². The monoisotopic (exact) mass is 471 g/mol. The number of rotatable bonds is 5. The van der Waals surface area contributed by atoms with Gasteiger partial charge in [-0.2, -0.15) is 0 Å². The summed E-state index contributed by atoms with van der Waals surface area (Å²) in [6, 6.07) is 8.24. The van der Waals surface area contributed by atoms with Gasteiger partial charge < -0.3 is 24.3 Å². The minimum Gasteiger partial charge on any atom is -0.496 e. The smallest absolute Gasteiger partial charge is 0.151 e. The Morgan fingerprint density at radius 3 is 2.59 bits per heavy atom. The maximum Gasteiger partial charge on any atom is 0.151 e. The number of fused-ring (bicyclic) bond motifs is 2. The molecular weight excluding hydrogens is 437 g/mol. The highest BCUT2D eigenvalue weighted by Gasteiger charge is 2.43. The first-order valence-electron chi connectivity index (χ1n) is 11.9. The van der Waals surface area contributed by atoms with Crippen LogP contribution in [0.3, 0.4) is 0 Å². The molecule has 34 heavy (non-hydrogen) atoms. The van der Waals surface area contributed by atoms with Crippen molar-refractivity contribution in [1.82, 2.24) is 9.97 Å². The third-order valence-electron chi connectivity index (χ3n) is 5.46. The summed E-state index contributed by atoms with van der Waals surface area (Å²) >= 11 is 0. The molecule has 7 nitrogen and oxygen atoms in total. The van der Waals surface area contributed by atoms with E-state index in [1.807, 2.05) is 46.8 Å². The summed E-state index contributed by atoms with van der Waals surface area (Å²) in [4.78, 5) is 8.74. The molecule has 184 valence electrons. The molecule has 1 N–H and O–H groups in total. The molecule has 8 heteroatoms. The van der Waals surface area contributed by atoms with Gasteiger partial charge in [-0.1, -0.05) is 27.7 Å². The fourth-order valence-electron chi connectivity index (χ4n) is 4.06. The zero-order valence-corrected chi connectivity index (χ0v) is 20.7. The van der Waals surface area contributed by atoms with Crippen molar-refractivity contribution in [3.63, 3.8) is 0 Å². The maximum atomic E-state index is 14.0. The van der Waals surface area contributed by atoms with Crippen LogP contribution in [-0.4, -0.2) is 48.6 Å². The van der Waals surface area contributed by atoms with Crippen molar-refractivity contribution in [2.45, 2.75) is 59.4 Å². The van der Waals surface area contributed by atoms with E-state index in [1.165, 1.54) is 18.5 Å². The number of ether oxygens (including phenoxy) is 4. The number of aromatic nitrogens is 2. The second-order valence-corrected chi connectivity index (χ2v) is 7.50. The topological polar surface area (TPSA) is 74.7 Å². The number of hydrogen-bond donors (Lipinski definition) is 1. The van der Waals surface area contributed by atoms with Gasteiger partial charge in [0, 0.05) is 12.7 Å². The van der Waals surface area contributed by atoms with Crippen molar-refractivity contribution in [2.24, 2.45) is 0 Å². The fraction of sp³-hybridized carbons (Fsp3) is 0.462. The second kappa shape index (κ2) is 11.9. The van der Waals surface area contributed by atoms with E-state index < -0.39 is 0 Å². The van der Waals surface area contributed by atoms with Crippen LogP contribution in [0.2, 0.25) is 0 Å². The number of nitrogens with zero attached hydrogens (tertiary/aromatic N) is 2. The number of benzene rings is 2. The van der Waals surface area contributed by atoms with Crippen LogP contribution in [0.15, 0.2) is 36.7 Å². The number of aryl methyl sites for hydroxylation is 1. The molecule has 0 aliphatic carbocycles. The Kier molecular flexibility index (Phi) is 9.01. The molecule has 3 unspecified atom stereocenters. The average Bonchev–Trinajstić information content (AvgIpc) is 3.48. The number of nitrogens with one attached hydrogen (secondary N) is 1. The Balaban J connectivity index is 0.000000771. The average molecular weight is 472 g/mol. The standard InChI is InChI=1S/C22H22FN3O4.2C2H6/c1-12-7-15-20(18(8-12)27-2)22(25-11-24-15)26-14-4-3-13(23)9-17(14)30-19-10-29-16-5-6-28-21(16)19;2*1-2/h3-4,7-9,11,16,19,21H,5-6,10H2,1-2H3,(H,24,25,26);2*1-2H3. The Bertz CT molecular complexity index is 1100. The zero-order valence-electron chi connectivity index (χ0n) is 20.7. The molecule has 2 aromatic carbocycles. The van der Waals surface area contributed by atoms with Crippen molar-refractivity contribution < 1.29 is 23.3 Å². The largest absolute Gasteiger partial charge is 0.496 e. The Morgan fingerprint density at radius 2 is 1.82 bits per heavy atom. The molecule has 5 rings (SSSR count). The van der Waals surface area contributed by atoms with Crippen LogP contribution in [0.1, 0.15) is 39.7 Å². The normalized spacial score (nSPS) is 20.5. The summed E-state index contributed by atoms with van der Waals surface area (Å²) < 4.78 is 37.2. The molecule has 0 bridgehead atoms. The van der Waals surface area contributed by atoms with E-state index in [1.54, 1.807) is 13.2 Å². The van der Waals surface area contributed by atoms with Gasteiger partial charge in [0.1, 0.15) is 35.6 Å². The molecule has 0 amide bonds. The third kappa shape index (κ3) is 5.39. The van der Waals surface area contributed by atoms with Crippen molar-refractivity contribution >= 4 is 22.4 Å². The lowest BCUT2D eigenvalue weighted by atomic mass is 10.1. The van der Waals surface area contributed by atoms with E-state index in [2.05, 4.69) is 15.3 Å². The molecule has 2 fully saturated rings. The molecular formula is C26H34FN3O4. The highest BCUT2D eigenvalue weighted by molar-refractivity contribution is 5.96. The molecule has 0 spiro atoms. The first-order chi connectivity index (χ1) is 16.6. The molecule has 3 aromatic rings. The number of methoxy groups -OCH3 is 1. The summed E-state index contributed by atoms with van der Waals surface area (Å²) in [5.41, 5.74) is 2.36. The molecule has 2 aliphatic heterocycles. The number of hydrogen-bond acceptors (Lipinski definition) is 7.